The number of rotatable bonds is 17. The molecular formula is C21H40N4S2. The molecule has 0 N–H and O–H groups in total. The van der Waals surface area contributed by atoms with Gasteiger partial charge in [-0.1, -0.05) is 90.9 Å². The highest BCUT2D eigenvalue weighted by molar-refractivity contribution is 7.80. The van der Waals surface area contributed by atoms with Gasteiger partial charge in [0.1, 0.15) is 0 Å². The van der Waals surface area contributed by atoms with Crippen LogP contribution in [0.25, 0.3) is 0 Å². The van der Waals surface area contributed by atoms with Crippen LogP contribution in [0, 0.1) is 0 Å². The zero-order valence-corrected chi connectivity index (χ0v) is 19.3. The molecule has 0 spiro atoms. The monoisotopic (exact) mass is 412 g/mol. The summed E-state index contributed by atoms with van der Waals surface area (Å²) in [6, 6.07) is 0. The topological polar surface area (TPSA) is 41.9 Å². The maximum Gasteiger partial charge on any atom is 0.230 e. The quantitative estimate of drug-likeness (QED) is 0.219. The first-order valence-electron chi connectivity index (χ1n) is 11.1. The first kappa shape index (κ1) is 24.5. The van der Waals surface area contributed by atoms with E-state index in [1.165, 1.54) is 89.9 Å². The third kappa shape index (κ3) is 12.6. The summed E-state index contributed by atoms with van der Waals surface area (Å²) in [6.07, 6.45) is 18.4. The van der Waals surface area contributed by atoms with E-state index in [-0.39, 0.29) is 0 Å². The summed E-state index contributed by atoms with van der Waals surface area (Å²) in [6.45, 7) is 6.55. The summed E-state index contributed by atoms with van der Waals surface area (Å²) in [5.74, 6) is 0.733. The van der Waals surface area contributed by atoms with E-state index < -0.39 is 0 Å². The van der Waals surface area contributed by atoms with Crippen LogP contribution in [-0.2, 0) is 0 Å². The summed E-state index contributed by atoms with van der Waals surface area (Å²) in [4.78, 5) is 15.2. The van der Waals surface area contributed by atoms with Crippen LogP contribution >= 0.6 is 25.3 Å². The zero-order chi connectivity index (χ0) is 19.7. The van der Waals surface area contributed by atoms with E-state index >= 15 is 0 Å². The molecule has 1 rings (SSSR count). The molecule has 27 heavy (non-hydrogen) atoms. The highest BCUT2D eigenvalue weighted by Crippen LogP contribution is 2.16. The lowest BCUT2D eigenvalue weighted by Gasteiger charge is -2.23. The molecule has 0 aliphatic heterocycles. The van der Waals surface area contributed by atoms with Gasteiger partial charge in [0.05, 0.1) is 0 Å². The Labute approximate surface area is 178 Å². The predicted octanol–water partition coefficient (Wildman–Crippen LogP) is 6.76. The SMILES string of the molecule is CCCCCCCCCN(CCCCCCCCC)c1nc(S)nc(S)n1. The Morgan fingerprint density at radius 1 is 0.556 bits per heavy atom. The van der Waals surface area contributed by atoms with Gasteiger partial charge in [-0.25, -0.2) is 0 Å². The van der Waals surface area contributed by atoms with Crippen molar-refractivity contribution in [3.63, 3.8) is 0 Å². The fourth-order valence-corrected chi connectivity index (χ4v) is 3.76. The number of anilines is 1. The van der Waals surface area contributed by atoms with Crippen LogP contribution in [0.5, 0.6) is 0 Å². The molecular weight excluding hydrogens is 372 g/mol. The molecule has 0 saturated heterocycles. The van der Waals surface area contributed by atoms with Gasteiger partial charge in [0.25, 0.3) is 0 Å². The standard InChI is InChI=1S/C21H40N4S2/c1-3-5-7-9-11-13-15-17-25(18-16-14-12-10-8-6-4-2)19-22-20(26)24-21(27)23-19/h3-18H2,1-2H3,(H2,22,23,24,26,27). The lowest BCUT2D eigenvalue weighted by Crippen LogP contribution is -2.28. The molecule has 0 aliphatic carbocycles. The minimum atomic E-state index is 0.453. The van der Waals surface area contributed by atoms with E-state index in [2.05, 4.69) is 59.0 Å². The molecule has 156 valence electrons. The van der Waals surface area contributed by atoms with Gasteiger partial charge in [-0.3, -0.25) is 0 Å². The Kier molecular flexibility index (Phi) is 15.0. The molecule has 0 unspecified atom stereocenters. The molecule has 6 heteroatoms. The molecule has 1 aromatic rings. The number of hydrogen-bond donors (Lipinski definition) is 2. The van der Waals surface area contributed by atoms with Crippen LogP contribution < -0.4 is 4.90 Å². The Balaban J connectivity index is 2.39. The third-order valence-electron chi connectivity index (χ3n) is 4.95. The van der Waals surface area contributed by atoms with E-state index in [4.69, 9.17) is 0 Å². The summed E-state index contributed by atoms with van der Waals surface area (Å²) in [5, 5.41) is 0.906. The lowest BCUT2D eigenvalue weighted by atomic mass is 10.1. The summed E-state index contributed by atoms with van der Waals surface area (Å²) in [7, 11) is 0. The van der Waals surface area contributed by atoms with Crippen LogP contribution in [0.15, 0.2) is 10.3 Å². The Morgan fingerprint density at radius 3 is 1.33 bits per heavy atom. The van der Waals surface area contributed by atoms with Gasteiger partial charge in [-0.15, -0.1) is 25.3 Å². The van der Waals surface area contributed by atoms with E-state index in [1.54, 1.807) is 0 Å². The second-order valence-corrected chi connectivity index (χ2v) is 8.27. The third-order valence-corrected chi connectivity index (χ3v) is 5.35. The van der Waals surface area contributed by atoms with Crippen molar-refractivity contribution < 1.29 is 0 Å². The van der Waals surface area contributed by atoms with Crippen molar-refractivity contribution in [2.45, 2.75) is 114 Å². The van der Waals surface area contributed by atoms with Gasteiger partial charge in [-0.2, -0.15) is 15.0 Å². The van der Waals surface area contributed by atoms with Crippen LogP contribution in [0.2, 0.25) is 0 Å². The molecule has 0 atom stereocenters. The van der Waals surface area contributed by atoms with E-state index in [9.17, 15) is 0 Å². The van der Waals surface area contributed by atoms with Crippen molar-refractivity contribution in [3.8, 4) is 0 Å². The number of hydrogen-bond acceptors (Lipinski definition) is 6. The van der Waals surface area contributed by atoms with Gasteiger partial charge in [-0.05, 0) is 12.8 Å². The molecule has 1 aromatic heterocycles. The number of aromatic nitrogens is 3. The molecule has 0 fully saturated rings. The van der Waals surface area contributed by atoms with Crippen molar-refractivity contribution >= 4 is 31.2 Å². The largest absolute Gasteiger partial charge is 0.341 e. The van der Waals surface area contributed by atoms with Gasteiger partial charge >= 0.3 is 0 Å². The predicted molar refractivity (Wildman–Crippen MR) is 123 cm³/mol. The second kappa shape index (κ2) is 16.5. The fraction of sp³-hybridized carbons (Fsp3) is 0.857. The smallest absolute Gasteiger partial charge is 0.230 e. The molecule has 0 radical (unpaired) electrons. The van der Waals surface area contributed by atoms with Crippen molar-refractivity contribution in [1.82, 2.24) is 15.0 Å². The van der Waals surface area contributed by atoms with Gasteiger partial charge in [0.2, 0.25) is 5.95 Å². The minimum Gasteiger partial charge on any atom is -0.341 e. The van der Waals surface area contributed by atoms with Gasteiger partial charge < -0.3 is 4.90 Å². The van der Waals surface area contributed by atoms with Crippen molar-refractivity contribution in [2.75, 3.05) is 18.0 Å². The molecule has 0 bridgehead atoms. The minimum absolute atomic E-state index is 0.453. The molecule has 0 aromatic carbocycles. The van der Waals surface area contributed by atoms with E-state index in [1.807, 2.05) is 0 Å². The van der Waals surface area contributed by atoms with Gasteiger partial charge in [0.15, 0.2) is 10.3 Å². The first-order valence-corrected chi connectivity index (χ1v) is 12.0. The molecule has 0 saturated carbocycles. The zero-order valence-electron chi connectivity index (χ0n) is 17.5. The summed E-state index contributed by atoms with van der Waals surface area (Å²) < 4.78 is 0. The second-order valence-electron chi connectivity index (χ2n) is 7.47. The first-order chi connectivity index (χ1) is 13.2. The highest BCUT2D eigenvalue weighted by Gasteiger charge is 2.11. The normalized spacial score (nSPS) is 11.1. The number of thiol groups is 2. The average molecular weight is 413 g/mol. The molecule has 0 aliphatic rings. The molecule has 0 amide bonds. The van der Waals surface area contributed by atoms with E-state index in [0.29, 0.717) is 10.3 Å². The van der Waals surface area contributed by atoms with Crippen molar-refractivity contribution in [1.29, 1.82) is 0 Å². The maximum atomic E-state index is 4.43. The lowest BCUT2D eigenvalue weighted by molar-refractivity contribution is 0.557. The summed E-state index contributed by atoms with van der Waals surface area (Å²) >= 11 is 8.59. The highest BCUT2D eigenvalue weighted by atomic mass is 32.1. The van der Waals surface area contributed by atoms with E-state index in [0.717, 1.165) is 19.0 Å². The van der Waals surface area contributed by atoms with Crippen LogP contribution in [0.3, 0.4) is 0 Å². The Hall–Kier alpha value is -0.490. The number of unbranched alkanes of at least 4 members (excludes halogenated alkanes) is 12. The van der Waals surface area contributed by atoms with Crippen molar-refractivity contribution in [3.05, 3.63) is 0 Å². The van der Waals surface area contributed by atoms with Crippen LogP contribution in [0.4, 0.5) is 5.95 Å². The van der Waals surface area contributed by atoms with Crippen molar-refractivity contribution in [2.24, 2.45) is 0 Å². The molecule has 4 nitrogen and oxygen atoms in total. The Bertz CT molecular complexity index is 447. The molecule has 1 heterocycles. The number of nitrogens with zero attached hydrogens (tertiary/aromatic N) is 4. The fourth-order valence-electron chi connectivity index (χ4n) is 3.32. The average Bonchev–Trinajstić information content (AvgIpc) is 2.64. The maximum absolute atomic E-state index is 4.43. The van der Waals surface area contributed by atoms with Crippen LogP contribution in [0.1, 0.15) is 104 Å². The Morgan fingerprint density at radius 2 is 0.926 bits per heavy atom. The van der Waals surface area contributed by atoms with Gasteiger partial charge in [0, 0.05) is 13.1 Å². The van der Waals surface area contributed by atoms with Crippen LogP contribution in [-0.4, -0.2) is 28.0 Å². The summed E-state index contributed by atoms with van der Waals surface area (Å²) in [5.41, 5.74) is 0.